The molecule has 1 aromatic carbocycles. The summed E-state index contributed by atoms with van der Waals surface area (Å²) in [6.07, 6.45) is 3.87. The maximum Gasteiger partial charge on any atom is 0.161 e. The van der Waals surface area contributed by atoms with E-state index in [9.17, 15) is 0 Å². The van der Waals surface area contributed by atoms with E-state index in [1.54, 1.807) is 0 Å². The number of benzene rings is 1. The SMILES string of the molecule is Cl.NC1CCCC2CN(Cc3ccc4c(c3)OCCO4)CC12. The van der Waals surface area contributed by atoms with Gasteiger partial charge in [0, 0.05) is 25.7 Å². The first-order valence-electron chi connectivity index (χ1n) is 8.16. The van der Waals surface area contributed by atoms with E-state index in [2.05, 4.69) is 17.0 Å². The van der Waals surface area contributed by atoms with Crippen molar-refractivity contribution in [2.45, 2.75) is 31.8 Å². The molecule has 5 heteroatoms. The molecule has 3 atom stereocenters. The van der Waals surface area contributed by atoms with Crippen molar-refractivity contribution in [3.05, 3.63) is 23.8 Å². The summed E-state index contributed by atoms with van der Waals surface area (Å²) >= 11 is 0. The molecule has 3 unspecified atom stereocenters. The molecular formula is C17H25ClN2O2. The largest absolute Gasteiger partial charge is 0.486 e. The van der Waals surface area contributed by atoms with E-state index in [4.69, 9.17) is 15.2 Å². The second kappa shape index (κ2) is 6.65. The fraction of sp³-hybridized carbons (Fsp3) is 0.647. The van der Waals surface area contributed by atoms with Crippen LogP contribution in [0.25, 0.3) is 0 Å². The van der Waals surface area contributed by atoms with Gasteiger partial charge in [-0.05, 0) is 42.4 Å². The minimum Gasteiger partial charge on any atom is -0.486 e. The molecule has 0 spiro atoms. The van der Waals surface area contributed by atoms with Crippen molar-refractivity contribution in [1.29, 1.82) is 0 Å². The van der Waals surface area contributed by atoms with E-state index in [0.29, 0.717) is 25.2 Å². The highest BCUT2D eigenvalue weighted by molar-refractivity contribution is 5.85. The fourth-order valence-electron chi connectivity index (χ4n) is 4.18. The molecule has 2 heterocycles. The quantitative estimate of drug-likeness (QED) is 0.907. The number of ether oxygens (including phenoxy) is 2. The van der Waals surface area contributed by atoms with Crippen LogP contribution in [0.1, 0.15) is 24.8 Å². The molecule has 22 heavy (non-hydrogen) atoms. The number of fused-ring (bicyclic) bond motifs is 2. The standard InChI is InChI=1S/C17H24N2O2.ClH/c18-15-3-1-2-13-10-19(11-14(13)15)9-12-4-5-16-17(8-12)21-7-6-20-16;/h4-5,8,13-15H,1-3,6-7,9-11,18H2;1H. The minimum atomic E-state index is 0. The number of hydrogen-bond acceptors (Lipinski definition) is 4. The van der Waals surface area contributed by atoms with Gasteiger partial charge in [0.05, 0.1) is 0 Å². The van der Waals surface area contributed by atoms with E-state index in [0.717, 1.165) is 30.5 Å². The average molecular weight is 325 g/mol. The maximum absolute atomic E-state index is 6.30. The molecule has 0 aromatic heterocycles. The van der Waals surface area contributed by atoms with E-state index in [1.165, 1.54) is 31.4 Å². The Morgan fingerprint density at radius 1 is 1.09 bits per heavy atom. The second-order valence-corrected chi connectivity index (χ2v) is 6.69. The molecule has 1 saturated carbocycles. The highest BCUT2D eigenvalue weighted by Gasteiger charge is 2.38. The van der Waals surface area contributed by atoms with Gasteiger partial charge in [0.15, 0.2) is 11.5 Å². The Kier molecular flexibility index (Phi) is 4.81. The van der Waals surface area contributed by atoms with Gasteiger partial charge in [0.1, 0.15) is 13.2 Å². The molecule has 2 N–H and O–H groups in total. The van der Waals surface area contributed by atoms with E-state index in [1.807, 2.05) is 6.07 Å². The first kappa shape index (κ1) is 15.9. The van der Waals surface area contributed by atoms with Crippen LogP contribution in [0.3, 0.4) is 0 Å². The van der Waals surface area contributed by atoms with Crippen LogP contribution < -0.4 is 15.2 Å². The van der Waals surface area contributed by atoms with Gasteiger partial charge in [-0.25, -0.2) is 0 Å². The predicted octanol–water partition coefficient (Wildman–Crippen LogP) is 2.44. The minimum absolute atomic E-state index is 0. The molecule has 0 radical (unpaired) electrons. The number of nitrogens with two attached hydrogens (primary N) is 1. The maximum atomic E-state index is 6.30. The molecule has 1 aromatic rings. The predicted molar refractivity (Wildman–Crippen MR) is 88.8 cm³/mol. The third-order valence-electron chi connectivity index (χ3n) is 5.24. The van der Waals surface area contributed by atoms with Gasteiger partial charge in [-0.15, -0.1) is 12.4 Å². The first-order valence-corrected chi connectivity index (χ1v) is 8.16. The zero-order valence-corrected chi connectivity index (χ0v) is 13.7. The van der Waals surface area contributed by atoms with Gasteiger partial charge in [0.25, 0.3) is 0 Å². The van der Waals surface area contributed by atoms with Gasteiger partial charge in [-0.2, -0.15) is 0 Å². The highest BCUT2D eigenvalue weighted by atomic mass is 35.5. The number of rotatable bonds is 2. The molecule has 2 fully saturated rings. The van der Waals surface area contributed by atoms with Crippen molar-refractivity contribution in [1.82, 2.24) is 4.90 Å². The Morgan fingerprint density at radius 3 is 2.73 bits per heavy atom. The number of hydrogen-bond donors (Lipinski definition) is 1. The van der Waals surface area contributed by atoms with Crippen molar-refractivity contribution in [3.8, 4) is 11.5 Å². The van der Waals surface area contributed by atoms with E-state index >= 15 is 0 Å². The smallest absolute Gasteiger partial charge is 0.161 e. The van der Waals surface area contributed by atoms with E-state index in [-0.39, 0.29) is 12.4 Å². The fourth-order valence-corrected chi connectivity index (χ4v) is 4.18. The Balaban J connectivity index is 0.00000144. The Hall–Kier alpha value is -0.970. The van der Waals surface area contributed by atoms with Crippen LogP contribution >= 0.6 is 12.4 Å². The second-order valence-electron chi connectivity index (χ2n) is 6.69. The van der Waals surface area contributed by atoms with Crippen LogP contribution in [0.4, 0.5) is 0 Å². The highest BCUT2D eigenvalue weighted by Crippen LogP contribution is 2.37. The third-order valence-corrected chi connectivity index (χ3v) is 5.24. The Bertz CT molecular complexity index is 525. The topological polar surface area (TPSA) is 47.7 Å². The lowest BCUT2D eigenvalue weighted by molar-refractivity contribution is 0.171. The van der Waals surface area contributed by atoms with Crippen molar-refractivity contribution in [3.63, 3.8) is 0 Å². The molecule has 4 nitrogen and oxygen atoms in total. The van der Waals surface area contributed by atoms with Gasteiger partial charge in [-0.3, -0.25) is 4.90 Å². The lowest BCUT2D eigenvalue weighted by Crippen LogP contribution is -2.38. The summed E-state index contributed by atoms with van der Waals surface area (Å²) in [7, 11) is 0. The molecule has 0 bridgehead atoms. The van der Waals surface area contributed by atoms with Crippen LogP contribution in [-0.4, -0.2) is 37.2 Å². The van der Waals surface area contributed by atoms with Gasteiger partial charge >= 0.3 is 0 Å². The summed E-state index contributed by atoms with van der Waals surface area (Å²) in [4.78, 5) is 2.56. The molecule has 0 amide bonds. The summed E-state index contributed by atoms with van der Waals surface area (Å²) in [5.74, 6) is 3.29. The monoisotopic (exact) mass is 324 g/mol. The average Bonchev–Trinajstić information content (AvgIpc) is 2.91. The summed E-state index contributed by atoms with van der Waals surface area (Å²) in [6, 6.07) is 6.75. The van der Waals surface area contributed by atoms with E-state index < -0.39 is 0 Å². The molecule has 122 valence electrons. The zero-order chi connectivity index (χ0) is 14.2. The van der Waals surface area contributed by atoms with Gasteiger partial charge in [-0.1, -0.05) is 12.5 Å². The number of halogens is 1. The molecule has 4 rings (SSSR count). The lowest BCUT2D eigenvalue weighted by Gasteiger charge is -2.29. The van der Waals surface area contributed by atoms with Gasteiger partial charge in [0.2, 0.25) is 0 Å². The summed E-state index contributed by atoms with van der Waals surface area (Å²) in [6.45, 7) is 4.66. The summed E-state index contributed by atoms with van der Waals surface area (Å²) < 4.78 is 11.3. The Labute approximate surface area is 138 Å². The van der Waals surface area contributed by atoms with Gasteiger partial charge < -0.3 is 15.2 Å². The number of likely N-dealkylation sites (tertiary alicyclic amines) is 1. The van der Waals surface area contributed by atoms with Crippen molar-refractivity contribution in [2.75, 3.05) is 26.3 Å². The molecule has 3 aliphatic rings. The summed E-state index contributed by atoms with van der Waals surface area (Å²) in [5.41, 5.74) is 7.62. The van der Waals surface area contributed by atoms with Crippen molar-refractivity contribution in [2.24, 2.45) is 17.6 Å². The van der Waals surface area contributed by atoms with Crippen LogP contribution in [0.15, 0.2) is 18.2 Å². The van der Waals surface area contributed by atoms with Crippen molar-refractivity contribution >= 4 is 12.4 Å². The third kappa shape index (κ3) is 3.05. The van der Waals surface area contributed by atoms with Crippen LogP contribution in [0.5, 0.6) is 11.5 Å². The molecule has 1 saturated heterocycles. The number of nitrogens with zero attached hydrogens (tertiary/aromatic N) is 1. The van der Waals surface area contributed by atoms with Crippen molar-refractivity contribution < 1.29 is 9.47 Å². The normalized spacial score (nSPS) is 30.5. The lowest BCUT2D eigenvalue weighted by atomic mass is 9.78. The Morgan fingerprint density at radius 2 is 1.91 bits per heavy atom. The van der Waals surface area contributed by atoms with Crippen LogP contribution in [-0.2, 0) is 6.54 Å². The molecule has 1 aliphatic carbocycles. The van der Waals surface area contributed by atoms with Crippen LogP contribution in [0, 0.1) is 11.8 Å². The first-order chi connectivity index (χ1) is 10.3. The summed E-state index contributed by atoms with van der Waals surface area (Å²) in [5, 5.41) is 0. The zero-order valence-electron chi connectivity index (χ0n) is 12.9. The molecule has 2 aliphatic heterocycles. The molecular weight excluding hydrogens is 300 g/mol. The van der Waals surface area contributed by atoms with Crippen LogP contribution in [0.2, 0.25) is 0 Å².